The first-order valence-corrected chi connectivity index (χ1v) is 10.1. The molecule has 5 aromatic carbocycles. The minimum Gasteiger partial charge on any atom is -0.383 e. The Balaban J connectivity index is 1.90. The van der Waals surface area contributed by atoms with Gasteiger partial charge in [0.1, 0.15) is 5.82 Å². The summed E-state index contributed by atoms with van der Waals surface area (Å²) in [6.07, 6.45) is 0. The van der Waals surface area contributed by atoms with Crippen LogP contribution in [-0.2, 0) is 14.1 Å². The Hall–Kier alpha value is -4.19. The number of nitrogens with zero attached hydrogens (tertiary/aromatic N) is 3. The number of nitrogens with two attached hydrogens (primary N) is 1. The molecule has 0 radical (unpaired) electrons. The van der Waals surface area contributed by atoms with Crippen LogP contribution in [0.25, 0.3) is 64.8 Å². The molecule has 0 unspecified atom stereocenters. The largest absolute Gasteiger partial charge is 0.383 e. The van der Waals surface area contributed by atoms with Crippen LogP contribution in [0, 0.1) is 0 Å². The highest BCUT2D eigenvalue weighted by Gasteiger charge is 2.20. The lowest BCUT2D eigenvalue weighted by Crippen LogP contribution is -2.26. The average Bonchev–Trinajstić information content (AvgIpc) is 2.78. The highest BCUT2D eigenvalue weighted by atomic mass is 16.1. The van der Waals surface area contributed by atoms with Gasteiger partial charge in [0.15, 0.2) is 0 Å². The first-order chi connectivity index (χ1) is 15.0. The molecule has 0 amide bonds. The van der Waals surface area contributed by atoms with E-state index in [2.05, 4.69) is 23.2 Å². The standard InChI is InChI=1S/C25H16N4O2/c1-28-18-10-9-14-12-4-7-16-21-15(23(26)27-24(16)30)6-3-11(19(12)21)13-5-8-17(22(18)20(13)14)25(31)29(28)2/h3-10H,1-2H3,(H2,26,27,30). The molecule has 0 saturated heterocycles. The van der Waals surface area contributed by atoms with Crippen LogP contribution in [0.15, 0.2) is 58.1 Å². The number of pyridine rings is 1. The van der Waals surface area contributed by atoms with Crippen molar-refractivity contribution in [3.63, 3.8) is 0 Å². The highest BCUT2D eigenvalue weighted by Crippen LogP contribution is 2.44. The Morgan fingerprint density at radius 2 is 1.10 bits per heavy atom. The number of fused-ring (bicyclic) bond motifs is 2. The van der Waals surface area contributed by atoms with Gasteiger partial charge in [-0.3, -0.25) is 19.0 Å². The molecular weight excluding hydrogens is 388 g/mol. The second kappa shape index (κ2) is 5.10. The summed E-state index contributed by atoms with van der Waals surface area (Å²) in [6.45, 7) is 0. The van der Waals surface area contributed by atoms with Crippen LogP contribution >= 0.6 is 0 Å². The van der Waals surface area contributed by atoms with E-state index >= 15 is 0 Å². The number of aryl methyl sites for hydroxylation is 1. The SMILES string of the molecule is Cn1c(=O)c2ccc3c4ccc5c(N)nc(=O)c6ccc(c7ccc(c2c37)n1C)c4c56. The molecule has 7 rings (SSSR count). The van der Waals surface area contributed by atoms with Crippen molar-refractivity contribution in [2.24, 2.45) is 14.1 Å². The average molecular weight is 404 g/mol. The van der Waals surface area contributed by atoms with Crippen LogP contribution in [0.4, 0.5) is 5.82 Å². The van der Waals surface area contributed by atoms with Gasteiger partial charge < -0.3 is 5.73 Å². The first-order valence-electron chi connectivity index (χ1n) is 10.1. The fourth-order valence-corrected chi connectivity index (χ4v) is 5.41. The third kappa shape index (κ3) is 1.74. The molecular formula is C25H16N4O2. The van der Waals surface area contributed by atoms with Gasteiger partial charge in [-0.15, -0.1) is 0 Å². The van der Waals surface area contributed by atoms with Crippen molar-refractivity contribution >= 4 is 70.6 Å². The zero-order chi connectivity index (χ0) is 21.2. The summed E-state index contributed by atoms with van der Waals surface area (Å²) in [7, 11) is 3.69. The summed E-state index contributed by atoms with van der Waals surface area (Å²) in [6, 6.07) is 15.9. The Morgan fingerprint density at radius 3 is 1.77 bits per heavy atom. The van der Waals surface area contributed by atoms with Crippen LogP contribution in [0.3, 0.4) is 0 Å². The van der Waals surface area contributed by atoms with E-state index in [1.807, 2.05) is 42.1 Å². The molecule has 2 aromatic heterocycles. The van der Waals surface area contributed by atoms with Crippen molar-refractivity contribution in [1.29, 1.82) is 0 Å². The van der Waals surface area contributed by atoms with Crippen molar-refractivity contribution in [1.82, 2.24) is 14.3 Å². The molecule has 0 fully saturated rings. The third-order valence-corrected chi connectivity index (χ3v) is 6.93. The van der Waals surface area contributed by atoms with Crippen LogP contribution in [0.5, 0.6) is 0 Å². The van der Waals surface area contributed by atoms with Gasteiger partial charge >= 0.3 is 0 Å². The van der Waals surface area contributed by atoms with E-state index < -0.39 is 0 Å². The topological polar surface area (TPSA) is 82.9 Å². The van der Waals surface area contributed by atoms with E-state index in [0.29, 0.717) is 10.8 Å². The molecule has 148 valence electrons. The number of nitrogen functional groups attached to an aromatic ring is 1. The molecule has 0 atom stereocenters. The Labute approximate surface area is 174 Å². The smallest absolute Gasteiger partial charge is 0.279 e. The van der Waals surface area contributed by atoms with E-state index in [1.54, 1.807) is 11.7 Å². The predicted molar refractivity (Wildman–Crippen MR) is 127 cm³/mol. The molecule has 0 aliphatic carbocycles. The maximum Gasteiger partial charge on any atom is 0.279 e. The maximum absolute atomic E-state index is 13.0. The van der Waals surface area contributed by atoms with Crippen molar-refractivity contribution in [3.8, 4) is 0 Å². The van der Waals surface area contributed by atoms with E-state index in [4.69, 9.17) is 5.73 Å². The van der Waals surface area contributed by atoms with E-state index in [1.165, 1.54) is 0 Å². The van der Waals surface area contributed by atoms with E-state index in [9.17, 15) is 9.59 Å². The number of rotatable bonds is 0. The highest BCUT2D eigenvalue weighted by molar-refractivity contribution is 6.39. The molecule has 0 bridgehead atoms. The minimum atomic E-state index is -0.306. The fraction of sp³-hybridized carbons (Fsp3) is 0.0800. The Bertz CT molecular complexity index is 1990. The number of anilines is 1. The zero-order valence-electron chi connectivity index (χ0n) is 16.9. The van der Waals surface area contributed by atoms with Gasteiger partial charge in [0.2, 0.25) is 0 Å². The molecule has 0 aliphatic heterocycles. The van der Waals surface area contributed by atoms with Crippen molar-refractivity contribution in [2.45, 2.75) is 0 Å². The number of hydrogen-bond donors (Lipinski definition) is 1. The lowest BCUT2D eigenvalue weighted by atomic mass is 9.86. The molecule has 6 heteroatoms. The lowest BCUT2D eigenvalue weighted by Gasteiger charge is -2.20. The number of hydrogen-bond acceptors (Lipinski definition) is 4. The number of aromatic nitrogens is 3. The van der Waals surface area contributed by atoms with Crippen molar-refractivity contribution < 1.29 is 0 Å². The van der Waals surface area contributed by atoms with Gasteiger partial charge in [0, 0.05) is 35.6 Å². The molecule has 7 aromatic rings. The van der Waals surface area contributed by atoms with E-state index in [0.717, 1.165) is 54.0 Å². The van der Waals surface area contributed by atoms with Crippen LogP contribution in [-0.4, -0.2) is 14.3 Å². The van der Waals surface area contributed by atoms with Gasteiger partial charge in [-0.25, -0.2) is 0 Å². The Kier molecular flexibility index (Phi) is 2.73. The minimum absolute atomic E-state index is 0.0238. The number of benzene rings is 5. The lowest BCUT2D eigenvalue weighted by molar-refractivity contribution is 0.580. The summed E-state index contributed by atoms with van der Waals surface area (Å²) in [5, 5.41) is 10.2. The summed E-state index contributed by atoms with van der Waals surface area (Å²) in [4.78, 5) is 29.6. The third-order valence-electron chi connectivity index (χ3n) is 6.93. The monoisotopic (exact) mass is 404 g/mol. The second-order valence-electron chi connectivity index (χ2n) is 8.27. The zero-order valence-corrected chi connectivity index (χ0v) is 16.9. The maximum atomic E-state index is 13.0. The van der Waals surface area contributed by atoms with Crippen LogP contribution < -0.4 is 16.9 Å². The van der Waals surface area contributed by atoms with E-state index in [-0.39, 0.29) is 16.9 Å². The molecule has 6 nitrogen and oxygen atoms in total. The summed E-state index contributed by atoms with van der Waals surface area (Å²) in [5.41, 5.74) is 6.79. The first kappa shape index (κ1) is 16.6. The van der Waals surface area contributed by atoms with Gasteiger partial charge in [-0.2, -0.15) is 4.98 Å². The quantitative estimate of drug-likeness (QED) is 0.307. The fourth-order valence-electron chi connectivity index (χ4n) is 5.41. The summed E-state index contributed by atoms with van der Waals surface area (Å²) in [5.74, 6) is 0.257. The van der Waals surface area contributed by atoms with Crippen LogP contribution in [0.2, 0.25) is 0 Å². The normalized spacial score (nSPS) is 12.6. The van der Waals surface area contributed by atoms with Crippen molar-refractivity contribution in [3.05, 3.63) is 69.2 Å². The van der Waals surface area contributed by atoms with Crippen molar-refractivity contribution in [2.75, 3.05) is 5.73 Å². The molecule has 0 saturated carbocycles. The van der Waals surface area contributed by atoms with Gasteiger partial charge in [-0.1, -0.05) is 24.3 Å². The predicted octanol–water partition coefficient (Wildman–Crippen LogP) is 3.86. The molecule has 31 heavy (non-hydrogen) atoms. The second-order valence-corrected chi connectivity index (χ2v) is 8.27. The van der Waals surface area contributed by atoms with Gasteiger partial charge in [-0.05, 0) is 51.2 Å². The Morgan fingerprint density at radius 1 is 0.613 bits per heavy atom. The summed E-state index contributed by atoms with van der Waals surface area (Å²) < 4.78 is 3.53. The van der Waals surface area contributed by atoms with Crippen LogP contribution in [0.1, 0.15) is 0 Å². The van der Waals surface area contributed by atoms with Gasteiger partial charge in [0.25, 0.3) is 11.1 Å². The molecule has 0 aliphatic rings. The molecule has 0 spiro atoms. The van der Waals surface area contributed by atoms with Gasteiger partial charge in [0.05, 0.1) is 16.3 Å². The summed E-state index contributed by atoms with van der Waals surface area (Å²) >= 11 is 0. The molecule has 2 N–H and O–H groups in total. The molecule has 2 heterocycles.